The van der Waals surface area contributed by atoms with Crippen molar-refractivity contribution in [1.29, 1.82) is 0 Å². The fourth-order valence-corrected chi connectivity index (χ4v) is 4.10. The average molecular weight is 442 g/mol. The zero-order valence-corrected chi connectivity index (χ0v) is 18.8. The van der Waals surface area contributed by atoms with E-state index in [0.717, 1.165) is 39.2 Å². The van der Waals surface area contributed by atoms with E-state index in [1.54, 1.807) is 0 Å². The van der Waals surface area contributed by atoms with Crippen molar-refractivity contribution in [3.8, 4) is 33.6 Å². The summed E-state index contributed by atoms with van der Waals surface area (Å²) in [7, 11) is 0. The van der Waals surface area contributed by atoms with E-state index in [9.17, 15) is 4.79 Å². The number of rotatable bonds is 6. The topological polar surface area (TPSA) is 33.0 Å². The van der Waals surface area contributed by atoms with Crippen molar-refractivity contribution in [2.75, 3.05) is 5.43 Å². The van der Waals surface area contributed by atoms with Gasteiger partial charge in [-0.25, -0.2) is 0 Å². The third-order valence-electron chi connectivity index (χ3n) is 5.76. The van der Waals surface area contributed by atoms with Crippen LogP contribution in [0.4, 0.5) is 0 Å². The molecule has 0 aliphatic rings. The van der Waals surface area contributed by atoms with E-state index in [1.807, 2.05) is 89.6 Å². The zero-order chi connectivity index (χ0) is 23.2. The third-order valence-corrected chi connectivity index (χ3v) is 5.76. The van der Waals surface area contributed by atoms with Crippen molar-refractivity contribution in [2.45, 2.75) is 6.42 Å². The van der Waals surface area contributed by atoms with Crippen molar-refractivity contribution in [2.24, 2.45) is 0 Å². The number of aromatic nitrogens is 1. The number of nitrogens with one attached hydrogen (secondary N) is 1. The molecule has 0 aliphatic carbocycles. The monoisotopic (exact) mass is 441 g/mol. The molecule has 4 aromatic carbocycles. The van der Waals surface area contributed by atoms with Crippen LogP contribution in [0.1, 0.15) is 5.56 Å². The van der Waals surface area contributed by atoms with Gasteiger partial charge in [0.15, 0.2) is 0 Å². The van der Waals surface area contributed by atoms with Crippen LogP contribution in [0, 0.1) is 0 Å². The summed E-state index contributed by atoms with van der Waals surface area (Å²) in [6, 6.07) is 44.8. The number of benzene rings is 4. The molecule has 5 rings (SSSR count). The van der Waals surface area contributed by atoms with Crippen LogP contribution in [0.15, 0.2) is 133 Å². The molecule has 0 spiro atoms. The Balaban J connectivity index is 1.68. The minimum atomic E-state index is -0.0713. The van der Waals surface area contributed by atoms with Gasteiger partial charge in [-0.15, -0.1) is 5.43 Å². The first-order valence-electron chi connectivity index (χ1n) is 11.4. The van der Waals surface area contributed by atoms with E-state index in [4.69, 9.17) is 0 Å². The third kappa shape index (κ3) is 4.79. The maximum Gasteiger partial charge on any atom is 0.279 e. The molecule has 1 N–H and O–H groups in total. The number of amides is 1. The number of carbonyl (C=O) groups excluding carboxylic acids is 1. The highest BCUT2D eigenvalue weighted by Gasteiger charge is 2.25. The Bertz CT molecular complexity index is 1320. The van der Waals surface area contributed by atoms with E-state index >= 15 is 0 Å². The van der Waals surface area contributed by atoms with Gasteiger partial charge in [0.25, 0.3) is 5.91 Å². The lowest BCUT2D eigenvalue weighted by molar-refractivity contribution is -0.619. The molecule has 0 atom stereocenters. The van der Waals surface area contributed by atoms with E-state index in [0.29, 0.717) is 6.42 Å². The highest BCUT2D eigenvalue weighted by atomic mass is 16.2. The maximum absolute atomic E-state index is 13.2. The van der Waals surface area contributed by atoms with Crippen LogP contribution in [-0.2, 0) is 11.2 Å². The summed E-state index contributed by atoms with van der Waals surface area (Å²) >= 11 is 0. The van der Waals surface area contributed by atoms with Gasteiger partial charge in [0.1, 0.15) is 0 Å². The molecule has 0 saturated heterocycles. The zero-order valence-electron chi connectivity index (χ0n) is 18.8. The van der Waals surface area contributed by atoms with Crippen molar-refractivity contribution in [1.82, 2.24) is 0 Å². The molecule has 5 aromatic rings. The summed E-state index contributed by atoms with van der Waals surface area (Å²) in [5.74, 6) is -0.0713. The lowest BCUT2D eigenvalue weighted by atomic mass is 9.99. The Labute approximate surface area is 200 Å². The first-order valence-corrected chi connectivity index (χ1v) is 11.4. The summed E-state index contributed by atoms with van der Waals surface area (Å²) in [5, 5.41) is 0. The Hall–Kier alpha value is -4.50. The second kappa shape index (κ2) is 9.97. The standard InChI is InChI=1S/C31H24N2O/c34-31(21-24-13-5-1-6-14-24)32-33-29(26-17-9-3-10-18-26)22-28(25-15-7-2-8-16-25)23-30(33)27-19-11-4-12-20-27/h1-20,22-23H,21H2/p+1. The van der Waals surface area contributed by atoms with Crippen molar-refractivity contribution >= 4 is 5.91 Å². The van der Waals surface area contributed by atoms with Gasteiger partial charge >= 0.3 is 0 Å². The normalized spacial score (nSPS) is 10.6. The van der Waals surface area contributed by atoms with Gasteiger partial charge in [0.05, 0.1) is 6.42 Å². The molecular weight excluding hydrogens is 416 g/mol. The molecule has 0 fully saturated rings. The molecule has 0 unspecified atom stereocenters. The fourth-order valence-electron chi connectivity index (χ4n) is 4.10. The molecule has 0 radical (unpaired) electrons. The van der Waals surface area contributed by atoms with Gasteiger partial charge in [0, 0.05) is 23.3 Å². The maximum atomic E-state index is 13.2. The van der Waals surface area contributed by atoms with Crippen molar-refractivity contribution in [3.05, 3.63) is 139 Å². The molecule has 3 heteroatoms. The average Bonchev–Trinajstić information content (AvgIpc) is 2.91. The summed E-state index contributed by atoms with van der Waals surface area (Å²) in [5.41, 5.74) is 10.3. The largest absolute Gasteiger partial charge is 0.279 e. The van der Waals surface area contributed by atoms with Crippen LogP contribution in [0.25, 0.3) is 33.6 Å². The molecule has 34 heavy (non-hydrogen) atoms. The van der Waals surface area contributed by atoms with Crippen molar-refractivity contribution in [3.63, 3.8) is 0 Å². The number of hydrogen-bond acceptors (Lipinski definition) is 1. The van der Waals surface area contributed by atoms with Gasteiger partial charge in [-0.05, 0) is 41.0 Å². The minimum absolute atomic E-state index is 0.0713. The molecule has 1 aromatic heterocycles. The van der Waals surface area contributed by atoms with E-state index in [1.165, 1.54) is 0 Å². The minimum Gasteiger partial charge on any atom is -0.269 e. The second-order valence-corrected chi connectivity index (χ2v) is 8.15. The lowest BCUT2D eigenvalue weighted by Gasteiger charge is -2.12. The SMILES string of the molecule is O=C(Cc1ccccc1)N[n+]1c(-c2ccccc2)cc(-c2ccccc2)cc1-c1ccccc1. The fraction of sp³-hybridized carbons (Fsp3) is 0.0323. The quantitative estimate of drug-likeness (QED) is 0.309. The number of carbonyl (C=O) groups is 1. The lowest BCUT2D eigenvalue weighted by Crippen LogP contribution is -2.52. The summed E-state index contributed by atoms with van der Waals surface area (Å²) in [6.45, 7) is 0. The first kappa shape index (κ1) is 21.4. The van der Waals surface area contributed by atoms with Gasteiger partial charge in [-0.2, -0.15) is 0 Å². The van der Waals surface area contributed by atoms with Crippen LogP contribution in [0.3, 0.4) is 0 Å². The van der Waals surface area contributed by atoms with Gasteiger partial charge in [0.2, 0.25) is 11.4 Å². The first-order chi connectivity index (χ1) is 16.8. The Morgan fingerprint density at radius 1 is 0.529 bits per heavy atom. The van der Waals surface area contributed by atoms with Crippen LogP contribution < -0.4 is 10.1 Å². The molecule has 1 amide bonds. The van der Waals surface area contributed by atoms with E-state index < -0.39 is 0 Å². The highest BCUT2D eigenvalue weighted by molar-refractivity contribution is 5.85. The molecule has 3 nitrogen and oxygen atoms in total. The van der Waals surface area contributed by atoms with Gasteiger partial charge in [-0.1, -0.05) is 102 Å². The number of hydrogen-bond donors (Lipinski definition) is 1. The van der Waals surface area contributed by atoms with E-state index in [-0.39, 0.29) is 5.91 Å². The molecule has 0 aliphatic heterocycles. The Kier molecular flexibility index (Phi) is 6.26. The van der Waals surface area contributed by atoms with Crippen LogP contribution in [0.2, 0.25) is 0 Å². The summed E-state index contributed by atoms with van der Waals surface area (Å²) in [6.07, 6.45) is 0.302. The molecular formula is C31H25N2O+. The summed E-state index contributed by atoms with van der Waals surface area (Å²) < 4.78 is 1.92. The summed E-state index contributed by atoms with van der Waals surface area (Å²) in [4.78, 5) is 13.2. The highest BCUT2D eigenvalue weighted by Crippen LogP contribution is 2.28. The number of pyridine rings is 1. The number of nitrogens with zero attached hydrogens (tertiary/aromatic N) is 1. The van der Waals surface area contributed by atoms with Crippen molar-refractivity contribution < 1.29 is 9.47 Å². The Morgan fingerprint density at radius 3 is 1.41 bits per heavy atom. The predicted molar refractivity (Wildman–Crippen MR) is 137 cm³/mol. The smallest absolute Gasteiger partial charge is 0.269 e. The molecule has 1 heterocycles. The molecule has 0 bridgehead atoms. The van der Waals surface area contributed by atoms with Gasteiger partial charge < -0.3 is 0 Å². The second-order valence-electron chi connectivity index (χ2n) is 8.15. The van der Waals surface area contributed by atoms with Crippen LogP contribution >= 0.6 is 0 Å². The molecule has 164 valence electrons. The van der Waals surface area contributed by atoms with Crippen LogP contribution in [-0.4, -0.2) is 5.91 Å². The Morgan fingerprint density at radius 2 is 0.941 bits per heavy atom. The van der Waals surface area contributed by atoms with E-state index in [2.05, 4.69) is 54.0 Å². The molecule has 0 saturated carbocycles. The predicted octanol–water partition coefficient (Wildman–Crippen LogP) is 6.29. The van der Waals surface area contributed by atoms with Crippen LogP contribution in [0.5, 0.6) is 0 Å². The van der Waals surface area contributed by atoms with Gasteiger partial charge in [-0.3, -0.25) is 4.79 Å².